The second kappa shape index (κ2) is 9.49. The number of nitrogens with zero attached hydrogens (tertiary/aromatic N) is 2. The normalized spacial score (nSPS) is 10.6. The van der Waals surface area contributed by atoms with Crippen LogP contribution in [0.3, 0.4) is 0 Å². The van der Waals surface area contributed by atoms with Crippen LogP contribution in [-0.2, 0) is 6.54 Å². The van der Waals surface area contributed by atoms with E-state index < -0.39 is 0 Å². The lowest BCUT2D eigenvalue weighted by Crippen LogP contribution is -2.01. The minimum Gasteiger partial charge on any atom is -0.356 e. The minimum absolute atomic E-state index is 0.0867. The summed E-state index contributed by atoms with van der Waals surface area (Å²) in [5.74, 6) is 0.432. The Hall–Kier alpha value is -2.96. The highest BCUT2D eigenvalue weighted by atomic mass is 32.2. The quantitative estimate of drug-likeness (QED) is 0.290. The van der Waals surface area contributed by atoms with Crippen LogP contribution in [0.1, 0.15) is 15.9 Å². The van der Waals surface area contributed by atoms with E-state index in [1.165, 1.54) is 28.7 Å². The van der Waals surface area contributed by atoms with Crippen molar-refractivity contribution in [3.05, 3.63) is 96.1 Å². The van der Waals surface area contributed by atoms with Crippen LogP contribution in [0.2, 0.25) is 0 Å². The molecule has 0 spiro atoms. The molecule has 0 radical (unpaired) electrons. The molecule has 6 heteroatoms. The van der Waals surface area contributed by atoms with Crippen molar-refractivity contribution in [1.82, 2.24) is 10.2 Å². The van der Waals surface area contributed by atoms with Crippen molar-refractivity contribution in [2.24, 2.45) is 0 Å². The van der Waals surface area contributed by atoms with Crippen molar-refractivity contribution in [2.45, 2.75) is 10.9 Å². The number of rotatable bonds is 8. The van der Waals surface area contributed by atoms with E-state index in [1.54, 1.807) is 0 Å². The molecule has 0 aliphatic rings. The molecule has 144 valence electrons. The number of benzene rings is 3. The average molecular weight is 418 g/mol. The lowest BCUT2D eigenvalue weighted by Gasteiger charge is -2.03. The molecular formula is C23H19N3OS2. The summed E-state index contributed by atoms with van der Waals surface area (Å²) in [6.45, 7) is 0.701. The lowest BCUT2D eigenvalue weighted by atomic mass is 10.0. The predicted molar refractivity (Wildman–Crippen MR) is 121 cm³/mol. The number of hydrogen-bond donors (Lipinski definition) is 1. The van der Waals surface area contributed by atoms with Gasteiger partial charge in [0.25, 0.3) is 0 Å². The van der Waals surface area contributed by atoms with E-state index in [9.17, 15) is 4.79 Å². The van der Waals surface area contributed by atoms with E-state index in [2.05, 4.69) is 39.8 Å². The van der Waals surface area contributed by atoms with Gasteiger partial charge in [-0.25, -0.2) is 0 Å². The highest BCUT2D eigenvalue weighted by Crippen LogP contribution is 2.27. The van der Waals surface area contributed by atoms with Crippen LogP contribution in [0.25, 0.3) is 11.1 Å². The Morgan fingerprint density at radius 1 is 0.828 bits per heavy atom. The first kappa shape index (κ1) is 19.4. The Kier molecular flexibility index (Phi) is 6.34. The fourth-order valence-corrected chi connectivity index (χ4v) is 4.44. The fraction of sp³-hybridized carbons (Fsp3) is 0.0870. The summed E-state index contributed by atoms with van der Waals surface area (Å²) in [6, 6.07) is 28.0. The van der Waals surface area contributed by atoms with Crippen molar-refractivity contribution in [2.75, 3.05) is 11.1 Å². The zero-order chi connectivity index (χ0) is 19.9. The van der Waals surface area contributed by atoms with Gasteiger partial charge in [-0.1, -0.05) is 108 Å². The van der Waals surface area contributed by atoms with Crippen LogP contribution in [0.15, 0.2) is 89.3 Å². The van der Waals surface area contributed by atoms with Gasteiger partial charge in [0.1, 0.15) is 0 Å². The molecule has 29 heavy (non-hydrogen) atoms. The number of carbonyl (C=O) groups excluding carboxylic acids is 1. The Balaban J connectivity index is 1.30. The van der Waals surface area contributed by atoms with Gasteiger partial charge in [-0.15, -0.1) is 10.2 Å². The summed E-state index contributed by atoms with van der Waals surface area (Å²) in [6.07, 6.45) is 0. The first-order valence-corrected chi connectivity index (χ1v) is 11.0. The minimum atomic E-state index is 0.0867. The van der Waals surface area contributed by atoms with Gasteiger partial charge in [0, 0.05) is 12.1 Å². The van der Waals surface area contributed by atoms with E-state index in [0.29, 0.717) is 17.9 Å². The summed E-state index contributed by atoms with van der Waals surface area (Å²) in [5.41, 5.74) is 4.15. The fourth-order valence-electron chi connectivity index (χ4n) is 2.80. The standard InChI is InChI=1S/C23H19N3OS2/c27-21(20-13-11-19(12-14-20)18-9-5-2-6-10-18)16-28-23-26-25-22(29-23)24-15-17-7-3-1-4-8-17/h1-14H,15-16H2,(H,24,25). The first-order valence-electron chi connectivity index (χ1n) is 9.21. The van der Waals surface area contributed by atoms with Crippen molar-refractivity contribution >= 4 is 34.0 Å². The lowest BCUT2D eigenvalue weighted by molar-refractivity contribution is 0.102. The third-order valence-electron chi connectivity index (χ3n) is 4.33. The van der Waals surface area contributed by atoms with Crippen molar-refractivity contribution in [1.29, 1.82) is 0 Å². The smallest absolute Gasteiger partial charge is 0.206 e. The maximum Gasteiger partial charge on any atom is 0.206 e. The molecule has 3 aromatic carbocycles. The van der Waals surface area contributed by atoms with E-state index in [0.717, 1.165) is 20.6 Å². The van der Waals surface area contributed by atoms with Gasteiger partial charge < -0.3 is 5.32 Å². The van der Waals surface area contributed by atoms with E-state index in [4.69, 9.17) is 0 Å². The number of thioether (sulfide) groups is 1. The number of aromatic nitrogens is 2. The van der Waals surface area contributed by atoms with Crippen molar-refractivity contribution in [3.63, 3.8) is 0 Å². The zero-order valence-corrected chi connectivity index (χ0v) is 17.2. The van der Waals surface area contributed by atoms with E-state index >= 15 is 0 Å². The van der Waals surface area contributed by atoms with Crippen LogP contribution >= 0.6 is 23.1 Å². The summed E-state index contributed by atoms with van der Waals surface area (Å²) in [4.78, 5) is 12.5. The van der Waals surface area contributed by atoms with Crippen LogP contribution in [0, 0.1) is 0 Å². The van der Waals surface area contributed by atoms with Gasteiger partial charge in [-0.2, -0.15) is 0 Å². The number of ketones is 1. The highest BCUT2D eigenvalue weighted by molar-refractivity contribution is 8.01. The van der Waals surface area contributed by atoms with Gasteiger partial charge in [0.2, 0.25) is 5.13 Å². The summed E-state index contributed by atoms with van der Waals surface area (Å²) in [5, 5.41) is 12.3. The molecule has 4 aromatic rings. The van der Waals surface area contributed by atoms with Crippen LogP contribution in [0.4, 0.5) is 5.13 Å². The van der Waals surface area contributed by atoms with Gasteiger partial charge in [-0.05, 0) is 16.7 Å². The number of Topliss-reactive ketones (excluding diaryl/α,β-unsaturated/α-hetero) is 1. The number of anilines is 1. The largest absolute Gasteiger partial charge is 0.356 e. The highest BCUT2D eigenvalue weighted by Gasteiger charge is 2.10. The summed E-state index contributed by atoms with van der Waals surface area (Å²) in [7, 11) is 0. The molecule has 0 aliphatic carbocycles. The summed E-state index contributed by atoms with van der Waals surface area (Å²) < 4.78 is 0.787. The molecule has 0 unspecified atom stereocenters. The van der Waals surface area contributed by atoms with E-state index in [-0.39, 0.29) is 5.78 Å². The molecule has 1 heterocycles. The average Bonchev–Trinajstić information content (AvgIpc) is 3.25. The second-order valence-electron chi connectivity index (χ2n) is 6.37. The molecule has 0 amide bonds. The van der Waals surface area contributed by atoms with Crippen molar-refractivity contribution < 1.29 is 4.79 Å². The summed E-state index contributed by atoms with van der Waals surface area (Å²) >= 11 is 2.89. The Morgan fingerprint density at radius 3 is 2.21 bits per heavy atom. The monoisotopic (exact) mass is 417 g/mol. The molecular weight excluding hydrogens is 398 g/mol. The van der Waals surface area contributed by atoms with Crippen molar-refractivity contribution in [3.8, 4) is 11.1 Å². The number of nitrogens with one attached hydrogen (secondary N) is 1. The van der Waals surface area contributed by atoms with E-state index in [1.807, 2.05) is 60.7 Å². The molecule has 0 saturated carbocycles. The maximum absolute atomic E-state index is 12.5. The van der Waals surface area contributed by atoms with Gasteiger partial charge in [-0.3, -0.25) is 4.79 Å². The molecule has 0 aliphatic heterocycles. The number of hydrogen-bond acceptors (Lipinski definition) is 6. The third kappa shape index (κ3) is 5.31. The maximum atomic E-state index is 12.5. The zero-order valence-electron chi connectivity index (χ0n) is 15.6. The molecule has 0 saturated heterocycles. The Morgan fingerprint density at radius 2 is 1.48 bits per heavy atom. The van der Waals surface area contributed by atoms with Gasteiger partial charge in [0.15, 0.2) is 10.1 Å². The molecule has 4 nitrogen and oxygen atoms in total. The molecule has 1 N–H and O–H groups in total. The van der Waals surface area contributed by atoms with Crippen LogP contribution in [-0.4, -0.2) is 21.7 Å². The molecule has 0 bridgehead atoms. The third-order valence-corrected chi connectivity index (χ3v) is 6.35. The second-order valence-corrected chi connectivity index (χ2v) is 8.57. The molecule has 4 rings (SSSR count). The van der Waals surface area contributed by atoms with Crippen LogP contribution < -0.4 is 5.32 Å². The van der Waals surface area contributed by atoms with Gasteiger partial charge in [0.05, 0.1) is 5.75 Å². The Bertz CT molecular complexity index is 1060. The topological polar surface area (TPSA) is 54.9 Å². The SMILES string of the molecule is O=C(CSc1nnc(NCc2ccccc2)s1)c1ccc(-c2ccccc2)cc1. The molecule has 1 aromatic heterocycles. The molecule has 0 fully saturated rings. The Labute approximate surface area is 178 Å². The predicted octanol–water partition coefficient (Wildman–Crippen LogP) is 5.79. The molecule has 0 atom stereocenters. The van der Waals surface area contributed by atoms with Crippen LogP contribution in [0.5, 0.6) is 0 Å². The van der Waals surface area contributed by atoms with Gasteiger partial charge >= 0.3 is 0 Å². The number of carbonyl (C=O) groups is 1. The first-order chi connectivity index (χ1) is 14.3.